The number of amides is 2. The SMILES string of the molecule is O=C(CCc1cnn(-c2ccccc2)c1)NCC(=O)NCCc1ccccc1. The first-order chi connectivity index (χ1) is 13.7. The van der Waals surface area contributed by atoms with E-state index in [-0.39, 0.29) is 18.4 Å². The van der Waals surface area contributed by atoms with Crippen molar-refractivity contribution in [3.05, 3.63) is 84.2 Å². The number of carbonyl (C=O) groups is 2. The molecule has 0 saturated carbocycles. The summed E-state index contributed by atoms with van der Waals surface area (Å²) < 4.78 is 1.79. The van der Waals surface area contributed by atoms with Crippen LogP contribution in [0.25, 0.3) is 5.69 Å². The minimum atomic E-state index is -0.179. The van der Waals surface area contributed by atoms with Gasteiger partial charge in [0.2, 0.25) is 11.8 Å². The Bertz CT molecular complexity index is 891. The lowest BCUT2D eigenvalue weighted by molar-refractivity contribution is -0.126. The van der Waals surface area contributed by atoms with E-state index in [9.17, 15) is 9.59 Å². The quantitative estimate of drug-likeness (QED) is 0.602. The van der Waals surface area contributed by atoms with Gasteiger partial charge in [-0.1, -0.05) is 48.5 Å². The Kier molecular flexibility index (Phi) is 6.95. The Morgan fingerprint density at radius 1 is 0.821 bits per heavy atom. The molecule has 3 rings (SSSR count). The zero-order valence-electron chi connectivity index (χ0n) is 15.7. The topological polar surface area (TPSA) is 76.0 Å². The van der Waals surface area contributed by atoms with Gasteiger partial charge in [0.1, 0.15) is 0 Å². The Hall–Kier alpha value is -3.41. The lowest BCUT2D eigenvalue weighted by Gasteiger charge is -2.07. The van der Waals surface area contributed by atoms with E-state index in [1.165, 1.54) is 5.56 Å². The molecule has 0 atom stereocenters. The maximum atomic E-state index is 12.0. The van der Waals surface area contributed by atoms with Gasteiger partial charge in [-0.05, 0) is 36.1 Å². The second kappa shape index (κ2) is 10.1. The van der Waals surface area contributed by atoms with Crippen molar-refractivity contribution in [1.82, 2.24) is 20.4 Å². The molecular formula is C22H24N4O2. The largest absolute Gasteiger partial charge is 0.354 e. The number of para-hydroxylation sites is 1. The average molecular weight is 376 g/mol. The Morgan fingerprint density at radius 3 is 2.29 bits per heavy atom. The Morgan fingerprint density at radius 2 is 1.54 bits per heavy atom. The molecule has 0 fully saturated rings. The first-order valence-electron chi connectivity index (χ1n) is 9.37. The van der Waals surface area contributed by atoms with Crippen molar-refractivity contribution in [2.45, 2.75) is 19.3 Å². The van der Waals surface area contributed by atoms with Crippen molar-refractivity contribution < 1.29 is 9.59 Å². The standard InChI is InChI=1S/C22H24N4O2/c27-21(24-16-22(28)23-14-13-18-7-3-1-4-8-18)12-11-19-15-25-26(17-19)20-9-5-2-6-10-20/h1-10,15,17H,11-14,16H2,(H,23,28)(H,24,27). The van der Waals surface area contributed by atoms with Gasteiger partial charge in [-0.15, -0.1) is 0 Å². The van der Waals surface area contributed by atoms with Crippen LogP contribution in [0.3, 0.4) is 0 Å². The highest BCUT2D eigenvalue weighted by Crippen LogP contribution is 2.09. The van der Waals surface area contributed by atoms with Gasteiger partial charge in [0.25, 0.3) is 0 Å². The van der Waals surface area contributed by atoms with Gasteiger partial charge in [0.15, 0.2) is 0 Å². The molecule has 2 amide bonds. The smallest absolute Gasteiger partial charge is 0.239 e. The van der Waals surface area contributed by atoms with Gasteiger partial charge in [-0.3, -0.25) is 9.59 Å². The number of aryl methyl sites for hydroxylation is 1. The van der Waals surface area contributed by atoms with E-state index >= 15 is 0 Å². The summed E-state index contributed by atoms with van der Waals surface area (Å²) in [5.41, 5.74) is 3.12. The number of carbonyl (C=O) groups excluding carboxylic acids is 2. The molecule has 2 N–H and O–H groups in total. The molecule has 0 aliphatic heterocycles. The monoisotopic (exact) mass is 376 g/mol. The summed E-state index contributed by atoms with van der Waals surface area (Å²) in [7, 11) is 0. The van der Waals surface area contributed by atoms with Crippen molar-refractivity contribution in [3.8, 4) is 5.69 Å². The summed E-state index contributed by atoms with van der Waals surface area (Å²) in [5.74, 6) is -0.327. The maximum absolute atomic E-state index is 12.0. The molecular weight excluding hydrogens is 352 g/mol. The average Bonchev–Trinajstić information content (AvgIpc) is 3.21. The third-order valence-corrected chi connectivity index (χ3v) is 4.32. The van der Waals surface area contributed by atoms with Crippen LogP contribution in [0.1, 0.15) is 17.5 Å². The summed E-state index contributed by atoms with van der Waals surface area (Å²) >= 11 is 0. The van der Waals surface area contributed by atoms with Crippen LogP contribution in [0.4, 0.5) is 0 Å². The van der Waals surface area contributed by atoms with Gasteiger partial charge in [0.05, 0.1) is 18.4 Å². The van der Waals surface area contributed by atoms with Gasteiger partial charge in [0, 0.05) is 19.2 Å². The second-order valence-corrected chi connectivity index (χ2v) is 6.49. The Labute approximate surface area is 164 Å². The molecule has 1 heterocycles. The summed E-state index contributed by atoms with van der Waals surface area (Å²) in [6, 6.07) is 19.8. The molecule has 144 valence electrons. The number of aromatic nitrogens is 2. The lowest BCUT2D eigenvalue weighted by atomic mass is 10.1. The molecule has 0 aliphatic carbocycles. The van der Waals surface area contributed by atoms with Crippen molar-refractivity contribution in [3.63, 3.8) is 0 Å². The molecule has 0 aliphatic rings. The fraction of sp³-hybridized carbons (Fsp3) is 0.227. The Balaban J connectivity index is 1.33. The van der Waals surface area contributed by atoms with E-state index in [1.54, 1.807) is 10.9 Å². The highest BCUT2D eigenvalue weighted by Gasteiger charge is 2.07. The maximum Gasteiger partial charge on any atom is 0.239 e. The van der Waals surface area contributed by atoms with E-state index in [0.29, 0.717) is 19.4 Å². The highest BCUT2D eigenvalue weighted by molar-refractivity contribution is 5.84. The highest BCUT2D eigenvalue weighted by atomic mass is 16.2. The van der Waals surface area contributed by atoms with E-state index in [1.807, 2.05) is 66.9 Å². The molecule has 1 aromatic heterocycles. The number of nitrogens with zero attached hydrogens (tertiary/aromatic N) is 2. The van der Waals surface area contributed by atoms with Crippen LogP contribution >= 0.6 is 0 Å². The molecule has 6 heteroatoms. The number of hydrogen-bond acceptors (Lipinski definition) is 3. The van der Waals surface area contributed by atoms with Crippen LogP contribution in [0.2, 0.25) is 0 Å². The van der Waals surface area contributed by atoms with Crippen molar-refractivity contribution in [2.75, 3.05) is 13.1 Å². The molecule has 0 spiro atoms. The first kappa shape index (κ1) is 19.4. The predicted octanol–water partition coefficient (Wildman–Crippen LogP) is 2.28. The number of nitrogens with one attached hydrogen (secondary N) is 2. The fourth-order valence-electron chi connectivity index (χ4n) is 2.79. The molecule has 3 aromatic rings. The molecule has 2 aromatic carbocycles. The number of rotatable bonds is 9. The molecule has 0 radical (unpaired) electrons. The summed E-state index contributed by atoms with van der Waals surface area (Å²) in [5, 5.41) is 9.79. The number of hydrogen-bond donors (Lipinski definition) is 2. The van der Waals surface area contributed by atoms with Crippen LogP contribution in [0.15, 0.2) is 73.1 Å². The minimum absolute atomic E-state index is 0.00308. The van der Waals surface area contributed by atoms with E-state index in [0.717, 1.165) is 17.7 Å². The van der Waals surface area contributed by atoms with Gasteiger partial charge < -0.3 is 10.6 Å². The normalized spacial score (nSPS) is 10.4. The predicted molar refractivity (Wildman–Crippen MR) is 108 cm³/mol. The molecule has 6 nitrogen and oxygen atoms in total. The first-order valence-corrected chi connectivity index (χ1v) is 9.37. The van der Waals surface area contributed by atoms with Crippen molar-refractivity contribution in [2.24, 2.45) is 0 Å². The summed E-state index contributed by atoms with van der Waals surface area (Å²) in [6.45, 7) is 0.550. The second-order valence-electron chi connectivity index (χ2n) is 6.49. The lowest BCUT2D eigenvalue weighted by Crippen LogP contribution is -2.37. The van der Waals surface area contributed by atoms with Crippen molar-refractivity contribution in [1.29, 1.82) is 0 Å². The minimum Gasteiger partial charge on any atom is -0.354 e. The van der Waals surface area contributed by atoms with E-state index in [2.05, 4.69) is 15.7 Å². The zero-order chi connectivity index (χ0) is 19.6. The van der Waals surface area contributed by atoms with E-state index in [4.69, 9.17) is 0 Å². The van der Waals surface area contributed by atoms with Gasteiger partial charge in [-0.2, -0.15) is 5.10 Å². The van der Waals surface area contributed by atoms with Crippen LogP contribution in [0, 0.1) is 0 Å². The fourth-order valence-corrected chi connectivity index (χ4v) is 2.79. The van der Waals surface area contributed by atoms with Gasteiger partial charge in [-0.25, -0.2) is 4.68 Å². The molecule has 28 heavy (non-hydrogen) atoms. The molecule has 0 bridgehead atoms. The zero-order valence-corrected chi connectivity index (χ0v) is 15.7. The molecule has 0 saturated heterocycles. The summed E-state index contributed by atoms with van der Waals surface area (Å²) in [6.07, 6.45) is 5.34. The van der Waals surface area contributed by atoms with E-state index < -0.39 is 0 Å². The van der Waals surface area contributed by atoms with Crippen molar-refractivity contribution >= 4 is 11.8 Å². The number of benzene rings is 2. The third-order valence-electron chi connectivity index (χ3n) is 4.32. The van der Waals surface area contributed by atoms with Crippen LogP contribution in [-0.4, -0.2) is 34.7 Å². The summed E-state index contributed by atoms with van der Waals surface area (Å²) in [4.78, 5) is 23.8. The van der Waals surface area contributed by atoms with Crippen LogP contribution in [0.5, 0.6) is 0 Å². The van der Waals surface area contributed by atoms with Crippen LogP contribution in [-0.2, 0) is 22.4 Å². The van der Waals surface area contributed by atoms with Crippen LogP contribution < -0.4 is 10.6 Å². The molecule has 0 unspecified atom stereocenters. The third kappa shape index (κ3) is 6.09. The van der Waals surface area contributed by atoms with Gasteiger partial charge >= 0.3 is 0 Å².